The van der Waals surface area contributed by atoms with E-state index >= 15 is 0 Å². The van der Waals surface area contributed by atoms with Gasteiger partial charge in [-0.15, -0.1) is 0 Å². The van der Waals surface area contributed by atoms with Crippen molar-refractivity contribution in [3.63, 3.8) is 0 Å². The normalized spacial score (nSPS) is 11.2. The van der Waals surface area contributed by atoms with Crippen LogP contribution in [0, 0.1) is 5.41 Å². The number of aryl methyl sites for hydroxylation is 1. The molecule has 25 heavy (non-hydrogen) atoms. The van der Waals surface area contributed by atoms with E-state index in [1.165, 1.54) is 6.07 Å². The summed E-state index contributed by atoms with van der Waals surface area (Å²) in [6.07, 6.45) is 2.36. The van der Waals surface area contributed by atoms with Crippen molar-refractivity contribution < 1.29 is 4.79 Å². The van der Waals surface area contributed by atoms with Crippen molar-refractivity contribution in [2.45, 2.75) is 34.1 Å². The maximum atomic E-state index is 11.8. The molecular formula is C18H25N5O2. The Balaban J connectivity index is 1.93. The van der Waals surface area contributed by atoms with Crippen LogP contribution < -0.4 is 16.2 Å². The summed E-state index contributed by atoms with van der Waals surface area (Å²) in [6.45, 7) is 8.68. The van der Waals surface area contributed by atoms with E-state index < -0.39 is 5.41 Å². The lowest BCUT2D eigenvalue weighted by Gasteiger charge is -2.17. The van der Waals surface area contributed by atoms with Gasteiger partial charge in [0, 0.05) is 42.0 Å². The van der Waals surface area contributed by atoms with Crippen LogP contribution in [-0.4, -0.2) is 33.9 Å². The van der Waals surface area contributed by atoms with Gasteiger partial charge in [0.2, 0.25) is 5.91 Å². The van der Waals surface area contributed by atoms with Crippen LogP contribution in [0.5, 0.6) is 0 Å². The van der Waals surface area contributed by atoms with Crippen molar-refractivity contribution in [3.05, 3.63) is 40.4 Å². The van der Waals surface area contributed by atoms with Crippen LogP contribution in [-0.2, 0) is 11.2 Å². The van der Waals surface area contributed by atoms with E-state index in [-0.39, 0.29) is 11.5 Å². The van der Waals surface area contributed by atoms with Crippen molar-refractivity contribution in [1.29, 1.82) is 0 Å². The summed E-state index contributed by atoms with van der Waals surface area (Å²) >= 11 is 0. The van der Waals surface area contributed by atoms with E-state index in [0.29, 0.717) is 31.2 Å². The number of nitrogens with one attached hydrogen (secondary N) is 3. The van der Waals surface area contributed by atoms with Crippen molar-refractivity contribution in [2.75, 3.05) is 18.4 Å². The van der Waals surface area contributed by atoms with E-state index in [1.54, 1.807) is 6.20 Å². The van der Waals surface area contributed by atoms with Gasteiger partial charge in [0.05, 0.1) is 0 Å². The standard InChI is InChI=1S/C18H25N5O2/c1-5-13-10-15(24)23-16(22-13)12-6-7-14(21-11-12)19-8-9-20-17(25)18(2,3)4/h6-7,10-11H,5,8-9H2,1-4H3,(H,19,21)(H,20,25)(H,22,23,24). The van der Waals surface area contributed by atoms with Gasteiger partial charge < -0.3 is 15.6 Å². The first-order chi connectivity index (χ1) is 11.8. The Kier molecular flexibility index (Phi) is 5.90. The first-order valence-electron chi connectivity index (χ1n) is 8.38. The Morgan fingerprint density at radius 2 is 2.00 bits per heavy atom. The smallest absolute Gasteiger partial charge is 0.251 e. The highest BCUT2D eigenvalue weighted by Crippen LogP contribution is 2.15. The molecule has 0 saturated heterocycles. The fourth-order valence-corrected chi connectivity index (χ4v) is 2.10. The summed E-state index contributed by atoms with van der Waals surface area (Å²) < 4.78 is 0. The number of pyridine rings is 1. The highest BCUT2D eigenvalue weighted by atomic mass is 16.2. The van der Waals surface area contributed by atoms with Gasteiger partial charge in [-0.05, 0) is 18.6 Å². The molecule has 3 N–H and O–H groups in total. The van der Waals surface area contributed by atoms with Gasteiger partial charge in [-0.1, -0.05) is 27.7 Å². The second-order valence-electron chi connectivity index (χ2n) is 6.80. The van der Waals surface area contributed by atoms with Crippen molar-refractivity contribution in [1.82, 2.24) is 20.3 Å². The van der Waals surface area contributed by atoms with Crippen LogP contribution in [0.25, 0.3) is 11.4 Å². The van der Waals surface area contributed by atoms with E-state index in [9.17, 15) is 9.59 Å². The summed E-state index contributed by atoms with van der Waals surface area (Å²) in [7, 11) is 0. The third-order valence-electron chi connectivity index (χ3n) is 3.59. The number of carbonyl (C=O) groups excluding carboxylic acids is 1. The minimum absolute atomic E-state index is 0.0171. The fraction of sp³-hybridized carbons (Fsp3) is 0.444. The molecular weight excluding hydrogens is 318 g/mol. The average Bonchev–Trinajstić information content (AvgIpc) is 2.57. The summed E-state index contributed by atoms with van der Waals surface area (Å²) in [6, 6.07) is 5.17. The highest BCUT2D eigenvalue weighted by Gasteiger charge is 2.20. The van der Waals surface area contributed by atoms with Crippen LogP contribution in [0.3, 0.4) is 0 Å². The third kappa shape index (κ3) is 5.41. The number of anilines is 1. The average molecular weight is 343 g/mol. The Labute approximate surface area is 147 Å². The van der Waals surface area contributed by atoms with Gasteiger partial charge in [-0.25, -0.2) is 9.97 Å². The quantitative estimate of drug-likeness (QED) is 0.696. The van der Waals surface area contributed by atoms with E-state index in [0.717, 1.165) is 11.3 Å². The first-order valence-corrected chi connectivity index (χ1v) is 8.38. The Bertz CT molecular complexity index is 775. The number of rotatable bonds is 6. The molecule has 134 valence electrons. The number of carbonyl (C=O) groups is 1. The van der Waals surface area contributed by atoms with Crippen molar-refractivity contribution >= 4 is 11.7 Å². The predicted molar refractivity (Wildman–Crippen MR) is 98.4 cm³/mol. The zero-order valence-electron chi connectivity index (χ0n) is 15.1. The number of nitrogens with zero attached hydrogens (tertiary/aromatic N) is 2. The summed E-state index contributed by atoms with van der Waals surface area (Å²) in [5, 5.41) is 6.02. The zero-order chi connectivity index (χ0) is 18.4. The minimum Gasteiger partial charge on any atom is -0.368 e. The first kappa shape index (κ1) is 18.6. The second kappa shape index (κ2) is 7.92. The van der Waals surface area contributed by atoms with E-state index in [2.05, 4.69) is 25.6 Å². The molecule has 0 spiro atoms. The summed E-state index contributed by atoms with van der Waals surface area (Å²) in [5.41, 5.74) is 0.935. The SMILES string of the molecule is CCc1cc(=O)[nH]c(-c2ccc(NCCNC(=O)C(C)(C)C)nc2)n1. The molecule has 2 aromatic heterocycles. The molecule has 0 saturated carbocycles. The Morgan fingerprint density at radius 1 is 1.24 bits per heavy atom. The lowest BCUT2D eigenvalue weighted by atomic mass is 9.96. The molecule has 0 bridgehead atoms. The van der Waals surface area contributed by atoms with Crippen LogP contribution in [0.15, 0.2) is 29.2 Å². The molecule has 7 heteroatoms. The molecule has 2 rings (SSSR count). The molecule has 2 aromatic rings. The van der Waals surface area contributed by atoms with Gasteiger partial charge >= 0.3 is 0 Å². The number of hydrogen-bond donors (Lipinski definition) is 3. The van der Waals surface area contributed by atoms with Crippen LogP contribution in [0.2, 0.25) is 0 Å². The van der Waals surface area contributed by atoms with Gasteiger partial charge in [0.25, 0.3) is 5.56 Å². The number of aromatic nitrogens is 3. The molecule has 7 nitrogen and oxygen atoms in total. The van der Waals surface area contributed by atoms with Gasteiger partial charge in [-0.3, -0.25) is 9.59 Å². The Hall–Kier alpha value is -2.70. The third-order valence-corrected chi connectivity index (χ3v) is 3.59. The predicted octanol–water partition coefficient (Wildman–Crippen LogP) is 1.97. The molecule has 0 aliphatic carbocycles. The fourth-order valence-electron chi connectivity index (χ4n) is 2.10. The Morgan fingerprint density at radius 3 is 2.60 bits per heavy atom. The summed E-state index contributed by atoms with van der Waals surface area (Å²) in [4.78, 5) is 34.9. The number of amides is 1. The van der Waals surface area contributed by atoms with Crippen molar-refractivity contribution in [2.24, 2.45) is 5.41 Å². The van der Waals surface area contributed by atoms with Gasteiger partial charge in [-0.2, -0.15) is 0 Å². The second-order valence-corrected chi connectivity index (χ2v) is 6.80. The summed E-state index contributed by atoms with van der Waals surface area (Å²) in [5.74, 6) is 1.23. The van der Waals surface area contributed by atoms with E-state index in [4.69, 9.17) is 0 Å². The molecule has 0 aliphatic heterocycles. The topological polar surface area (TPSA) is 99.8 Å². The van der Waals surface area contributed by atoms with Crippen LogP contribution in [0.4, 0.5) is 5.82 Å². The lowest BCUT2D eigenvalue weighted by molar-refractivity contribution is -0.128. The largest absolute Gasteiger partial charge is 0.368 e. The molecule has 0 unspecified atom stereocenters. The minimum atomic E-state index is -0.392. The molecule has 0 aromatic carbocycles. The lowest BCUT2D eigenvalue weighted by Crippen LogP contribution is -2.37. The molecule has 0 atom stereocenters. The molecule has 0 fully saturated rings. The highest BCUT2D eigenvalue weighted by molar-refractivity contribution is 5.81. The number of H-pyrrole nitrogens is 1. The molecule has 0 aliphatic rings. The van der Waals surface area contributed by atoms with Crippen LogP contribution >= 0.6 is 0 Å². The zero-order valence-corrected chi connectivity index (χ0v) is 15.1. The van der Waals surface area contributed by atoms with Crippen LogP contribution in [0.1, 0.15) is 33.4 Å². The maximum Gasteiger partial charge on any atom is 0.251 e. The molecule has 2 heterocycles. The monoisotopic (exact) mass is 343 g/mol. The van der Waals surface area contributed by atoms with Gasteiger partial charge in [0.15, 0.2) is 0 Å². The van der Waals surface area contributed by atoms with Crippen molar-refractivity contribution in [3.8, 4) is 11.4 Å². The number of aromatic amines is 1. The van der Waals surface area contributed by atoms with Gasteiger partial charge in [0.1, 0.15) is 11.6 Å². The molecule has 0 radical (unpaired) electrons. The maximum absolute atomic E-state index is 11.8. The molecule has 1 amide bonds. The van der Waals surface area contributed by atoms with E-state index in [1.807, 2.05) is 39.8 Å². The number of hydrogen-bond acceptors (Lipinski definition) is 5.